The Morgan fingerprint density at radius 1 is 1.17 bits per heavy atom. The zero-order chi connectivity index (χ0) is 17.1. The Labute approximate surface area is 139 Å². The van der Waals surface area contributed by atoms with Crippen molar-refractivity contribution in [2.75, 3.05) is 19.6 Å². The third-order valence-electron chi connectivity index (χ3n) is 4.19. The topological polar surface area (TPSA) is 66.5 Å². The number of nitrogens with one attached hydrogen (secondary N) is 1. The molecule has 0 aliphatic carbocycles. The van der Waals surface area contributed by atoms with Gasteiger partial charge < -0.3 is 5.32 Å². The van der Waals surface area contributed by atoms with Crippen LogP contribution in [-0.4, -0.2) is 38.3 Å². The van der Waals surface area contributed by atoms with Crippen LogP contribution in [0.2, 0.25) is 0 Å². The van der Waals surface area contributed by atoms with Crippen LogP contribution in [0.15, 0.2) is 35.2 Å². The van der Waals surface area contributed by atoms with Crippen LogP contribution < -0.4 is 5.32 Å². The molecule has 1 aliphatic rings. The smallest absolute Gasteiger partial charge is 0.243 e. The standard InChI is InChI=1S/C17H26N2O3S/c1-17(2,3)16(20)18-13-14-9-11-19(12-10-14)23(21,22)15-7-5-4-6-8-15/h4-8,14H,9-13H2,1-3H3,(H,18,20). The number of amides is 1. The summed E-state index contributed by atoms with van der Waals surface area (Å²) < 4.78 is 26.6. The maximum atomic E-state index is 12.5. The first kappa shape index (κ1) is 17.9. The molecule has 0 radical (unpaired) electrons. The number of hydrogen-bond acceptors (Lipinski definition) is 3. The summed E-state index contributed by atoms with van der Waals surface area (Å²) >= 11 is 0. The van der Waals surface area contributed by atoms with Gasteiger partial charge in [0.05, 0.1) is 4.90 Å². The van der Waals surface area contributed by atoms with Crippen molar-refractivity contribution in [1.82, 2.24) is 9.62 Å². The monoisotopic (exact) mass is 338 g/mol. The van der Waals surface area contributed by atoms with E-state index in [-0.39, 0.29) is 5.91 Å². The fourth-order valence-corrected chi connectivity index (χ4v) is 4.09. The quantitative estimate of drug-likeness (QED) is 0.916. The molecule has 0 spiro atoms. The van der Waals surface area contributed by atoms with Gasteiger partial charge in [0, 0.05) is 25.0 Å². The number of carbonyl (C=O) groups excluding carboxylic acids is 1. The van der Waals surface area contributed by atoms with E-state index in [0.717, 1.165) is 12.8 Å². The first-order valence-electron chi connectivity index (χ1n) is 8.05. The number of rotatable bonds is 4. The highest BCUT2D eigenvalue weighted by atomic mass is 32.2. The number of piperidine rings is 1. The highest BCUT2D eigenvalue weighted by Crippen LogP contribution is 2.23. The van der Waals surface area contributed by atoms with Gasteiger partial charge in [-0.1, -0.05) is 39.0 Å². The van der Waals surface area contributed by atoms with E-state index in [2.05, 4.69) is 5.32 Å². The molecule has 1 saturated heterocycles. The molecule has 1 N–H and O–H groups in total. The Morgan fingerprint density at radius 3 is 2.26 bits per heavy atom. The molecule has 2 rings (SSSR count). The molecule has 0 saturated carbocycles. The molecular weight excluding hydrogens is 312 g/mol. The number of sulfonamides is 1. The lowest BCUT2D eigenvalue weighted by atomic mass is 9.94. The molecule has 0 atom stereocenters. The maximum absolute atomic E-state index is 12.5. The Kier molecular flexibility index (Phi) is 5.47. The van der Waals surface area contributed by atoms with Gasteiger partial charge in [-0.25, -0.2) is 8.42 Å². The minimum Gasteiger partial charge on any atom is -0.355 e. The van der Waals surface area contributed by atoms with Crippen LogP contribution in [0.4, 0.5) is 0 Å². The fraction of sp³-hybridized carbons (Fsp3) is 0.588. The van der Waals surface area contributed by atoms with Gasteiger partial charge in [0.15, 0.2) is 0 Å². The molecule has 23 heavy (non-hydrogen) atoms. The van der Waals surface area contributed by atoms with Crippen LogP contribution in [-0.2, 0) is 14.8 Å². The van der Waals surface area contributed by atoms with Crippen molar-refractivity contribution in [2.24, 2.45) is 11.3 Å². The summed E-state index contributed by atoms with van der Waals surface area (Å²) in [6.45, 7) is 7.29. The first-order chi connectivity index (χ1) is 10.7. The maximum Gasteiger partial charge on any atom is 0.243 e. The van der Waals surface area contributed by atoms with Crippen molar-refractivity contribution >= 4 is 15.9 Å². The van der Waals surface area contributed by atoms with Crippen molar-refractivity contribution in [1.29, 1.82) is 0 Å². The lowest BCUT2D eigenvalue weighted by Gasteiger charge is -2.31. The van der Waals surface area contributed by atoms with Crippen molar-refractivity contribution in [3.05, 3.63) is 30.3 Å². The van der Waals surface area contributed by atoms with Crippen LogP contribution in [0, 0.1) is 11.3 Å². The molecule has 1 aromatic carbocycles. The minimum absolute atomic E-state index is 0.0387. The second kappa shape index (κ2) is 7.01. The van der Waals surface area contributed by atoms with Gasteiger partial charge in [0.25, 0.3) is 0 Å². The predicted octanol–water partition coefficient (Wildman–Crippen LogP) is 2.25. The van der Waals surface area contributed by atoms with E-state index in [4.69, 9.17) is 0 Å². The van der Waals surface area contributed by atoms with Crippen molar-refractivity contribution < 1.29 is 13.2 Å². The number of carbonyl (C=O) groups is 1. The molecule has 0 unspecified atom stereocenters. The minimum atomic E-state index is -3.39. The third-order valence-corrected chi connectivity index (χ3v) is 6.10. The summed E-state index contributed by atoms with van der Waals surface area (Å²) in [7, 11) is -3.39. The average molecular weight is 338 g/mol. The lowest BCUT2D eigenvalue weighted by molar-refractivity contribution is -0.128. The van der Waals surface area contributed by atoms with Gasteiger partial charge in [-0.05, 0) is 30.9 Å². The van der Waals surface area contributed by atoms with Gasteiger partial charge in [-0.2, -0.15) is 4.31 Å². The Bertz CT molecular complexity index is 628. The van der Waals surface area contributed by atoms with Gasteiger partial charge in [0.2, 0.25) is 15.9 Å². The van der Waals surface area contributed by atoms with E-state index >= 15 is 0 Å². The Balaban J connectivity index is 1.88. The molecule has 5 nitrogen and oxygen atoms in total. The second-order valence-corrected chi connectivity index (χ2v) is 9.06. The van der Waals surface area contributed by atoms with E-state index in [1.54, 1.807) is 28.6 Å². The first-order valence-corrected chi connectivity index (χ1v) is 9.49. The summed E-state index contributed by atoms with van der Waals surface area (Å²) in [5.74, 6) is 0.375. The Morgan fingerprint density at radius 2 is 1.74 bits per heavy atom. The normalized spacial score (nSPS) is 17.9. The zero-order valence-electron chi connectivity index (χ0n) is 14.1. The van der Waals surface area contributed by atoms with E-state index in [0.29, 0.717) is 30.4 Å². The van der Waals surface area contributed by atoms with Crippen LogP contribution in [0.3, 0.4) is 0 Å². The van der Waals surface area contributed by atoms with E-state index in [1.165, 1.54) is 0 Å². The van der Waals surface area contributed by atoms with Crippen LogP contribution in [0.1, 0.15) is 33.6 Å². The molecule has 0 aromatic heterocycles. The van der Waals surface area contributed by atoms with Crippen LogP contribution in [0.25, 0.3) is 0 Å². The molecular formula is C17H26N2O3S. The summed E-state index contributed by atoms with van der Waals surface area (Å²) in [4.78, 5) is 12.2. The third kappa shape index (κ3) is 4.54. The predicted molar refractivity (Wildman–Crippen MR) is 90.4 cm³/mol. The molecule has 128 valence electrons. The van der Waals surface area contributed by atoms with Crippen molar-refractivity contribution in [2.45, 2.75) is 38.5 Å². The number of benzene rings is 1. The summed E-state index contributed by atoms with van der Waals surface area (Å²) in [6.07, 6.45) is 1.55. The summed E-state index contributed by atoms with van der Waals surface area (Å²) in [5.41, 5.74) is -0.392. The molecule has 6 heteroatoms. The summed E-state index contributed by atoms with van der Waals surface area (Å²) in [6, 6.07) is 8.54. The molecule has 0 bridgehead atoms. The molecule has 1 aromatic rings. The fourth-order valence-electron chi connectivity index (χ4n) is 2.60. The molecule has 1 aliphatic heterocycles. The van der Waals surface area contributed by atoms with Gasteiger partial charge in [-0.3, -0.25) is 4.79 Å². The van der Waals surface area contributed by atoms with E-state index < -0.39 is 15.4 Å². The van der Waals surface area contributed by atoms with Crippen molar-refractivity contribution in [3.63, 3.8) is 0 Å². The van der Waals surface area contributed by atoms with Crippen LogP contribution >= 0.6 is 0 Å². The average Bonchev–Trinajstić information content (AvgIpc) is 2.53. The molecule has 1 fully saturated rings. The zero-order valence-corrected chi connectivity index (χ0v) is 14.9. The van der Waals surface area contributed by atoms with Gasteiger partial charge >= 0.3 is 0 Å². The molecule has 1 heterocycles. The van der Waals surface area contributed by atoms with Gasteiger partial charge in [0.1, 0.15) is 0 Å². The molecule has 1 amide bonds. The van der Waals surface area contributed by atoms with Gasteiger partial charge in [-0.15, -0.1) is 0 Å². The number of nitrogens with zero attached hydrogens (tertiary/aromatic N) is 1. The number of hydrogen-bond donors (Lipinski definition) is 1. The highest BCUT2D eigenvalue weighted by Gasteiger charge is 2.30. The lowest BCUT2D eigenvalue weighted by Crippen LogP contribution is -2.43. The SMILES string of the molecule is CC(C)(C)C(=O)NCC1CCN(S(=O)(=O)c2ccccc2)CC1. The van der Waals surface area contributed by atoms with Crippen LogP contribution in [0.5, 0.6) is 0 Å². The van der Waals surface area contributed by atoms with Crippen molar-refractivity contribution in [3.8, 4) is 0 Å². The van der Waals surface area contributed by atoms with E-state index in [1.807, 2.05) is 26.8 Å². The Hall–Kier alpha value is -1.40. The summed E-state index contributed by atoms with van der Waals surface area (Å²) in [5, 5.41) is 2.97. The second-order valence-electron chi connectivity index (χ2n) is 7.12. The van der Waals surface area contributed by atoms with E-state index in [9.17, 15) is 13.2 Å². The highest BCUT2D eigenvalue weighted by molar-refractivity contribution is 7.89. The largest absolute Gasteiger partial charge is 0.355 e.